The lowest BCUT2D eigenvalue weighted by atomic mass is 9.94. The summed E-state index contributed by atoms with van der Waals surface area (Å²) < 4.78 is 49.1. The van der Waals surface area contributed by atoms with E-state index in [2.05, 4.69) is 16.4 Å². The topological polar surface area (TPSA) is 61.8 Å². The van der Waals surface area contributed by atoms with Gasteiger partial charge in [-0.2, -0.15) is 9.97 Å². The highest BCUT2D eigenvalue weighted by Gasteiger charge is 2.51. The van der Waals surface area contributed by atoms with Crippen molar-refractivity contribution >= 4 is 56.6 Å². The average Bonchev–Trinajstić information content (AvgIpc) is 3.66. The second-order valence-electron chi connectivity index (χ2n) is 12.8. The molecule has 3 aromatic carbocycles. The van der Waals surface area contributed by atoms with E-state index in [1.165, 1.54) is 11.0 Å². The van der Waals surface area contributed by atoms with E-state index >= 15 is 0 Å². The molecule has 4 aliphatic rings. The summed E-state index contributed by atoms with van der Waals surface area (Å²) in [4.78, 5) is 27.9. The Bertz CT molecular complexity index is 1940. The minimum Gasteiger partial charge on any atom is -0.461 e. The Morgan fingerprint density at radius 2 is 1.93 bits per heavy atom. The summed E-state index contributed by atoms with van der Waals surface area (Å²) in [7, 11) is 0. The van der Waals surface area contributed by atoms with E-state index in [0.29, 0.717) is 70.7 Å². The fourth-order valence-corrected chi connectivity index (χ4v) is 8.59. The van der Waals surface area contributed by atoms with Gasteiger partial charge in [-0.1, -0.05) is 54.0 Å². The van der Waals surface area contributed by atoms with Crippen LogP contribution in [0.1, 0.15) is 25.7 Å². The predicted octanol–water partition coefficient (Wildman–Crippen LogP) is 7.12. The number of halogens is 5. The number of carbonyl (C=O) groups excluding carboxylic acids is 1. The van der Waals surface area contributed by atoms with Crippen LogP contribution in [-0.4, -0.2) is 82.3 Å². The Morgan fingerprint density at radius 3 is 2.76 bits per heavy atom. The number of alkyl halides is 1. The summed E-state index contributed by atoms with van der Waals surface area (Å²) in [5.74, 6) is -1.61. The second-order valence-corrected chi connectivity index (χ2v) is 13.6. The van der Waals surface area contributed by atoms with Crippen LogP contribution >= 0.6 is 23.2 Å². The first kappa shape index (κ1) is 29.8. The maximum absolute atomic E-state index is 14.6. The van der Waals surface area contributed by atoms with Crippen LogP contribution in [0.5, 0.6) is 6.01 Å². The van der Waals surface area contributed by atoms with Crippen molar-refractivity contribution in [2.45, 2.75) is 49.5 Å². The van der Waals surface area contributed by atoms with Crippen LogP contribution in [0, 0.1) is 5.82 Å². The van der Waals surface area contributed by atoms with Gasteiger partial charge in [-0.3, -0.25) is 9.69 Å². The van der Waals surface area contributed by atoms with Crippen molar-refractivity contribution in [2.75, 3.05) is 37.7 Å². The van der Waals surface area contributed by atoms with E-state index in [0.717, 1.165) is 24.8 Å². The molecule has 1 unspecified atom stereocenters. The van der Waals surface area contributed by atoms with Gasteiger partial charge in [-0.05, 0) is 55.0 Å². The highest BCUT2D eigenvalue weighted by Crippen LogP contribution is 2.45. The monoisotopic (exact) mass is 667 g/mol. The van der Waals surface area contributed by atoms with Crippen LogP contribution in [-0.2, 0) is 4.79 Å². The van der Waals surface area contributed by atoms with Gasteiger partial charge < -0.3 is 14.5 Å². The zero-order chi connectivity index (χ0) is 31.9. The first-order valence-corrected chi connectivity index (χ1v) is 16.2. The molecule has 1 aromatic heterocycles. The summed E-state index contributed by atoms with van der Waals surface area (Å²) in [5, 5.41) is 2.37. The molecular formula is C34H30Cl2F3N5O2. The molecule has 0 spiro atoms. The standard InChI is InChI=1S/C34H30Cl2F3N5O2/c1-18(37)32(45)43-11-8-27-28(43)16-44(27)31-23-12-24(35)22(21-5-2-4-19-6-7-25(39)30(36)29(19)21)13-26(23)40-33(41-31)46-17-34-9-3-10-42(34)15-20(38)14-34/h2,4-7,12-13,20,27-28H,1,3,8-11,14-17H2/t20-,27?,28-,34+/m1/s1. The molecule has 4 aromatic rings. The van der Waals surface area contributed by atoms with E-state index in [4.69, 9.17) is 37.9 Å². The molecule has 1 amide bonds. The lowest BCUT2D eigenvalue weighted by molar-refractivity contribution is -0.130. The Balaban J connectivity index is 1.22. The third-order valence-electron chi connectivity index (χ3n) is 10.3. The zero-order valence-corrected chi connectivity index (χ0v) is 26.3. The maximum Gasteiger partial charge on any atom is 0.319 e. The molecule has 46 heavy (non-hydrogen) atoms. The molecule has 8 rings (SSSR count). The van der Waals surface area contributed by atoms with Gasteiger partial charge in [-0.25, -0.2) is 13.2 Å². The number of rotatable bonds is 6. The summed E-state index contributed by atoms with van der Waals surface area (Å²) in [5.41, 5.74) is 1.42. The van der Waals surface area contributed by atoms with Gasteiger partial charge in [0, 0.05) is 47.4 Å². The molecule has 7 nitrogen and oxygen atoms in total. The third-order valence-corrected chi connectivity index (χ3v) is 10.9. The van der Waals surface area contributed by atoms with Crippen molar-refractivity contribution in [1.82, 2.24) is 19.8 Å². The minimum atomic E-state index is -0.974. The number of anilines is 1. The number of benzene rings is 3. The first-order chi connectivity index (χ1) is 22.1. The number of hydrogen-bond acceptors (Lipinski definition) is 6. The summed E-state index contributed by atoms with van der Waals surface area (Å²) in [6.07, 6.45) is 1.96. The highest BCUT2D eigenvalue weighted by molar-refractivity contribution is 6.38. The lowest BCUT2D eigenvalue weighted by Gasteiger charge is -2.47. The molecule has 4 saturated heterocycles. The Kier molecular flexibility index (Phi) is 7.12. The van der Waals surface area contributed by atoms with Crippen LogP contribution < -0.4 is 9.64 Å². The van der Waals surface area contributed by atoms with Crippen molar-refractivity contribution in [2.24, 2.45) is 0 Å². The molecule has 5 heterocycles. The summed E-state index contributed by atoms with van der Waals surface area (Å²) in [6.45, 7) is 5.52. The molecule has 238 valence electrons. The first-order valence-electron chi connectivity index (χ1n) is 15.5. The van der Waals surface area contributed by atoms with E-state index in [1.807, 2.05) is 24.3 Å². The number of carbonyl (C=O) groups is 1. The highest BCUT2D eigenvalue weighted by atomic mass is 35.5. The molecule has 0 N–H and O–H groups in total. The maximum atomic E-state index is 14.6. The van der Waals surface area contributed by atoms with Crippen molar-refractivity contribution in [1.29, 1.82) is 0 Å². The number of amides is 1. The zero-order valence-electron chi connectivity index (χ0n) is 24.8. The van der Waals surface area contributed by atoms with Gasteiger partial charge >= 0.3 is 6.01 Å². The van der Waals surface area contributed by atoms with Crippen LogP contribution in [0.3, 0.4) is 0 Å². The molecule has 0 saturated carbocycles. The van der Waals surface area contributed by atoms with Crippen molar-refractivity contribution in [3.05, 3.63) is 70.7 Å². The molecule has 4 atom stereocenters. The van der Waals surface area contributed by atoms with Gasteiger partial charge in [0.15, 0.2) is 5.83 Å². The normalized spacial score (nSPS) is 25.6. The largest absolute Gasteiger partial charge is 0.461 e. The quantitative estimate of drug-likeness (QED) is 0.204. The lowest BCUT2D eigenvalue weighted by Crippen LogP contribution is -2.63. The third kappa shape index (κ3) is 4.63. The summed E-state index contributed by atoms with van der Waals surface area (Å²) >= 11 is 13.4. The summed E-state index contributed by atoms with van der Waals surface area (Å²) in [6, 6.07) is 12.1. The number of likely N-dealkylation sites (tertiary alicyclic amines) is 1. The number of hydrogen-bond donors (Lipinski definition) is 0. The number of aromatic nitrogens is 2. The number of fused-ring (bicyclic) bond motifs is 4. The van der Waals surface area contributed by atoms with Crippen LogP contribution in [0.15, 0.2) is 54.9 Å². The Hall–Kier alpha value is -3.60. The van der Waals surface area contributed by atoms with Crippen molar-refractivity contribution in [3.63, 3.8) is 0 Å². The Morgan fingerprint density at radius 1 is 1.09 bits per heavy atom. The van der Waals surface area contributed by atoms with E-state index in [1.54, 1.807) is 12.1 Å². The fourth-order valence-electron chi connectivity index (χ4n) is 8.06. The molecular weight excluding hydrogens is 638 g/mol. The van der Waals surface area contributed by atoms with E-state index < -0.39 is 29.3 Å². The van der Waals surface area contributed by atoms with Crippen molar-refractivity contribution < 1.29 is 22.7 Å². The fraction of sp³-hybridized carbons (Fsp3) is 0.382. The molecule has 0 bridgehead atoms. The van der Waals surface area contributed by atoms with Gasteiger partial charge in [0.25, 0.3) is 5.91 Å². The van der Waals surface area contributed by atoms with Gasteiger partial charge in [0.05, 0.1) is 28.2 Å². The Labute approximate surface area is 273 Å². The predicted molar refractivity (Wildman–Crippen MR) is 173 cm³/mol. The molecule has 0 aliphatic carbocycles. The minimum absolute atomic E-state index is 0.00248. The molecule has 12 heteroatoms. The van der Waals surface area contributed by atoms with Crippen LogP contribution in [0.25, 0.3) is 32.8 Å². The average molecular weight is 669 g/mol. The number of nitrogens with zero attached hydrogens (tertiary/aromatic N) is 5. The van der Waals surface area contributed by atoms with Crippen LogP contribution in [0.4, 0.5) is 19.0 Å². The van der Waals surface area contributed by atoms with Crippen molar-refractivity contribution in [3.8, 4) is 17.1 Å². The smallest absolute Gasteiger partial charge is 0.319 e. The number of ether oxygens (including phenoxy) is 1. The van der Waals surface area contributed by atoms with E-state index in [-0.39, 0.29) is 29.7 Å². The van der Waals surface area contributed by atoms with Gasteiger partial charge in [0.2, 0.25) is 0 Å². The van der Waals surface area contributed by atoms with Crippen LogP contribution in [0.2, 0.25) is 10.0 Å². The van der Waals surface area contributed by atoms with Gasteiger partial charge in [-0.15, -0.1) is 0 Å². The second kappa shape index (κ2) is 11.0. The molecule has 0 radical (unpaired) electrons. The molecule has 4 aliphatic heterocycles. The van der Waals surface area contributed by atoms with Gasteiger partial charge in [0.1, 0.15) is 24.4 Å². The van der Waals surface area contributed by atoms with E-state index in [9.17, 15) is 18.0 Å². The SMILES string of the molecule is C=C(F)C(=O)N1CCC2[C@H]1CN2c1nc(OC[C@@]23CCCN2C[C@H](F)C3)nc2cc(-c3cccc4ccc(F)c(Cl)c34)c(Cl)cc12. The molecule has 4 fully saturated rings.